The summed E-state index contributed by atoms with van der Waals surface area (Å²) >= 11 is 0. The molecule has 0 amide bonds. The second-order valence-corrected chi connectivity index (χ2v) is 5.85. The van der Waals surface area contributed by atoms with E-state index < -0.39 is 12.0 Å². The Bertz CT molecular complexity index is 721. The minimum atomic E-state index is -1.68. The summed E-state index contributed by atoms with van der Waals surface area (Å²) in [6.45, 7) is 1.73. The molecule has 0 N–H and O–H groups in total. The van der Waals surface area contributed by atoms with Gasteiger partial charge in [-0.25, -0.2) is 0 Å². The molecule has 2 rings (SSSR count). The lowest BCUT2D eigenvalue weighted by Gasteiger charge is -2.08. The molecule has 0 aromatic heterocycles. The number of allylic oxidation sites excluding steroid dienone is 1. The highest BCUT2D eigenvalue weighted by atomic mass is 19.3. The molecule has 0 atom stereocenters. The number of halogens is 2. The second kappa shape index (κ2) is 10.3. The summed E-state index contributed by atoms with van der Waals surface area (Å²) in [5, 5.41) is 0. The highest BCUT2D eigenvalue weighted by molar-refractivity contribution is 5.69. The molecule has 3 nitrogen and oxygen atoms in total. The number of carbonyl (C=O) groups is 1. The third-order valence-electron chi connectivity index (χ3n) is 3.83. The molecule has 0 saturated heterocycles. The number of ether oxygens (including phenoxy) is 2. The fourth-order valence-electron chi connectivity index (χ4n) is 2.35. The van der Waals surface area contributed by atoms with Crippen molar-refractivity contribution in [1.82, 2.24) is 0 Å². The first-order valence-electron chi connectivity index (χ1n) is 8.51. The quantitative estimate of drug-likeness (QED) is 0.430. The molecule has 2 aromatic rings. The van der Waals surface area contributed by atoms with Crippen LogP contribution in [0.3, 0.4) is 0 Å². The van der Waals surface area contributed by atoms with E-state index in [4.69, 9.17) is 9.47 Å². The molecule has 0 fully saturated rings. The molecule has 0 radical (unpaired) electrons. The Morgan fingerprint density at radius 3 is 2.19 bits per heavy atom. The molecule has 0 aliphatic rings. The van der Waals surface area contributed by atoms with E-state index in [0.717, 1.165) is 11.1 Å². The van der Waals surface area contributed by atoms with E-state index in [2.05, 4.69) is 0 Å². The van der Waals surface area contributed by atoms with Gasteiger partial charge in [-0.2, -0.15) is 8.78 Å². The molecular formula is C21H22F2O3. The molecule has 138 valence electrons. The summed E-state index contributed by atoms with van der Waals surface area (Å²) in [4.78, 5) is 11.5. The number of carbonyl (C=O) groups excluding carboxylic acids is 1. The molecule has 0 heterocycles. The van der Waals surface area contributed by atoms with E-state index in [1.54, 1.807) is 0 Å². The van der Waals surface area contributed by atoms with Crippen molar-refractivity contribution in [2.75, 3.05) is 13.2 Å². The minimum absolute atomic E-state index is 0.0140. The predicted molar refractivity (Wildman–Crippen MR) is 97.1 cm³/mol. The number of benzene rings is 2. The zero-order valence-electron chi connectivity index (χ0n) is 14.7. The van der Waals surface area contributed by atoms with Crippen LogP contribution in [-0.4, -0.2) is 19.2 Å². The fourth-order valence-corrected chi connectivity index (χ4v) is 2.35. The van der Waals surface area contributed by atoms with Crippen LogP contribution in [0.2, 0.25) is 0 Å². The molecule has 0 aliphatic heterocycles. The van der Waals surface area contributed by atoms with Gasteiger partial charge in [-0.15, -0.1) is 0 Å². The summed E-state index contributed by atoms with van der Waals surface area (Å²) in [6.07, 6.45) is -1.01. The Kier molecular flexibility index (Phi) is 7.80. The predicted octanol–water partition coefficient (Wildman–Crippen LogP) is 5.62. The largest absolute Gasteiger partial charge is 0.490 e. The average Bonchev–Trinajstić information content (AvgIpc) is 2.66. The summed E-state index contributed by atoms with van der Waals surface area (Å²) in [5.41, 5.74) is 2.24. The van der Waals surface area contributed by atoms with E-state index in [0.29, 0.717) is 12.2 Å². The van der Waals surface area contributed by atoms with E-state index in [1.165, 1.54) is 6.92 Å². The molecule has 0 bridgehead atoms. The lowest BCUT2D eigenvalue weighted by Crippen LogP contribution is -2.12. The number of rotatable bonds is 9. The maximum absolute atomic E-state index is 12.2. The first-order valence-corrected chi connectivity index (χ1v) is 8.51. The Hall–Kier alpha value is -2.69. The van der Waals surface area contributed by atoms with Gasteiger partial charge in [0.25, 0.3) is 6.08 Å². The van der Waals surface area contributed by atoms with Crippen LogP contribution in [0.5, 0.6) is 5.75 Å². The van der Waals surface area contributed by atoms with Crippen LogP contribution >= 0.6 is 0 Å². The molecule has 0 spiro atoms. The van der Waals surface area contributed by atoms with Gasteiger partial charge >= 0.3 is 5.97 Å². The Balaban J connectivity index is 1.65. The van der Waals surface area contributed by atoms with Gasteiger partial charge in [0.15, 0.2) is 0 Å². The standard InChI is InChI=1S/C21H22F2O3/c1-16(21(22)23)6-5-9-20(24)26-15-14-25-19-12-10-18(11-13-19)17-7-3-2-4-8-17/h2-4,7-8,10-13H,5-6,9,14-15H2,1H3. The monoisotopic (exact) mass is 360 g/mol. The average molecular weight is 360 g/mol. The maximum atomic E-state index is 12.2. The lowest BCUT2D eigenvalue weighted by atomic mass is 10.1. The van der Waals surface area contributed by atoms with Gasteiger partial charge in [-0.3, -0.25) is 4.79 Å². The molecule has 0 unspecified atom stereocenters. The zero-order valence-corrected chi connectivity index (χ0v) is 14.7. The maximum Gasteiger partial charge on any atom is 0.305 e. The van der Waals surface area contributed by atoms with Crippen molar-refractivity contribution in [3.63, 3.8) is 0 Å². The van der Waals surface area contributed by atoms with Crippen molar-refractivity contribution < 1.29 is 23.0 Å². The third kappa shape index (κ3) is 6.67. The summed E-state index contributed by atoms with van der Waals surface area (Å²) in [5.74, 6) is 0.292. The van der Waals surface area contributed by atoms with Gasteiger partial charge in [0.05, 0.1) is 0 Å². The minimum Gasteiger partial charge on any atom is -0.490 e. The van der Waals surface area contributed by atoms with Crippen LogP contribution in [0.15, 0.2) is 66.3 Å². The highest BCUT2D eigenvalue weighted by Crippen LogP contribution is 2.22. The Morgan fingerprint density at radius 2 is 1.54 bits per heavy atom. The van der Waals surface area contributed by atoms with Crippen LogP contribution in [0.25, 0.3) is 11.1 Å². The number of esters is 1. The third-order valence-corrected chi connectivity index (χ3v) is 3.83. The Morgan fingerprint density at radius 1 is 0.885 bits per heavy atom. The van der Waals surface area contributed by atoms with Gasteiger partial charge in [0.1, 0.15) is 19.0 Å². The van der Waals surface area contributed by atoms with Gasteiger partial charge in [0, 0.05) is 6.42 Å². The summed E-state index contributed by atoms with van der Waals surface area (Å²) < 4.78 is 35.0. The molecule has 26 heavy (non-hydrogen) atoms. The summed E-state index contributed by atoms with van der Waals surface area (Å²) in [6, 6.07) is 17.7. The highest BCUT2D eigenvalue weighted by Gasteiger charge is 2.06. The van der Waals surface area contributed by atoms with Gasteiger partial charge in [0.2, 0.25) is 0 Å². The van der Waals surface area contributed by atoms with Crippen LogP contribution in [-0.2, 0) is 9.53 Å². The van der Waals surface area contributed by atoms with Crippen molar-refractivity contribution in [1.29, 1.82) is 0 Å². The molecule has 2 aromatic carbocycles. The van der Waals surface area contributed by atoms with Crippen molar-refractivity contribution in [2.24, 2.45) is 0 Å². The van der Waals surface area contributed by atoms with Crippen molar-refractivity contribution in [3.05, 3.63) is 66.3 Å². The second-order valence-electron chi connectivity index (χ2n) is 5.85. The molecule has 5 heteroatoms. The van der Waals surface area contributed by atoms with E-state index in [-0.39, 0.29) is 31.6 Å². The molecule has 0 aliphatic carbocycles. The first kappa shape index (κ1) is 19.6. The van der Waals surface area contributed by atoms with Gasteiger partial charge in [-0.1, -0.05) is 42.5 Å². The van der Waals surface area contributed by atoms with Crippen molar-refractivity contribution >= 4 is 5.97 Å². The van der Waals surface area contributed by atoms with Crippen LogP contribution < -0.4 is 4.74 Å². The molecule has 0 saturated carbocycles. The van der Waals surface area contributed by atoms with E-state index >= 15 is 0 Å². The van der Waals surface area contributed by atoms with Crippen LogP contribution in [0.1, 0.15) is 26.2 Å². The van der Waals surface area contributed by atoms with E-state index in [9.17, 15) is 13.6 Å². The van der Waals surface area contributed by atoms with Crippen molar-refractivity contribution in [3.8, 4) is 16.9 Å². The number of hydrogen-bond acceptors (Lipinski definition) is 3. The van der Waals surface area contributed by atoms with Crippen molar-refractivity contribution in [2.45, 2.75) is 26.2 Å². The van der Waals surface area contributed by atoms with Crippen LogP contribution in [0.4, 0.5) is 8.78 Å². The Labute approximate surface area is 152 Å². The SMILES string of the molecule is CC(CCCC(=O)OCCOc1ccc(-c2ccccc2)cc1)=C(F)F. The van der Waals surface area contributed by atoms with E-state index in [1.807, 2.05) is 54.6 Å². The fraction of sp³-hybridized carbons (Fsp3) is 0.286. The van der Waals surface area contributed by atoms with Gasteiger partial charge < -0.3 is 9.47 Å². The number of hydrogen-bond donors (Lipinski definition) is 0. The normalized spacial score (nSPS) is 10.3. The van der Waals surface area contributed by atoms with Gasteiger partial charge in [-0.05, 0) is 48.6 Å². The smallest absolute Gasteiger partial charge is 0.305 e. The lowest BCUT2D eigenvalue weighted by molar-refractivity contribution is -0.144. The zero-order chi connectivity index (χ0) is 18.8. The topological polar surface area (TPSA) is 35.5 Å². The van der Waals surface area contributed by atoms with Crippen LogP contribution in [0, 0.1) is 0 Å². The first-order chi connectivity index (χ1) is 12.6. The summed E-state index contributed by atoms with van der Waals surface area (Å²) in [7, 11) is 0. The molecular weight excluding hydrogens is 338 g/mol.